The van der Waals surface area contributed by atoms with E-state index in [1.165, 1.54) is 11.8 Å². The van der Waals surface area contributed by atoms with Gasteiger partial charge in [0, 0.05) is 22.0 Å². The molecule has 4 nitrogen and oxygen atoms in total. The Morgan fingerprint density at radius 2 is 1.31 bits per heavy atom. The molecular weight excluding hydrogens is 398 g/mol. The average Bonchev–Trinajstić information content (AvgIpc) is 2.72. The normalized spacial score (nSPS) is 11.4. The SMILES string of the molecule is Cc1ccc(NC(=O)C(C)Sc2ccc(NC(=S)Nc3ccccc3)cc2)cc1. The molecule has 0 aliphatic rings. The van der Waals surface area contributed by atoms with E-state index in [1.807, 2.05) is 92.7 Å². The fourth-order valence-electron chi connectivity index (χ4n) is 2.57. The van der Waals surface area contributed by atoms with E-state index in [0.717, 1.165) is 27.5 Å². The van der Waals surface area contributed by atoms with E-state index in [1.54, 1.807) is 0 Å². The number of carbonyl (C=O) groups excluding carboxylic acids is 1. The first-order valence-corrected chi connectivity index (χ1v) is 10.6. The first-order valence-electron chi connectivity index (χ1n) is 9.27. The summed E-state index contributed by atoms with van der Waals surface area (Å²) in [6, 6.07) is 25.4. The minimum absolute atomic E-state index is 0.0192. The van der Waals surface area contributed by atoms with Gasteiger partial charge in [-0.25, -0.2) is 0 Å². The number of thioether (sulfide) groups is 1. The molecule has 3 rings (SSSR count). The van der Waals surface area contributed by atoms with Crippen molar-refractivity contribution in [1.29, 1.82) is 0 Å². The van der Waals surface area contributed by atoms with Crippen LogP contribution in [0, 0.1) is 6.92 Å². The van der Waals surface area contributed by atoms with Crippen LogP contribution in [0.4, 0.5) is 17.1 Å². The van der Waals surface area contributed by atoms with Gasteiger partial charge in [-0.1, -0.05) is 35.9 Å². The van der Waals surface area contributed by atoms with Crippen LogP contribution in [0.15, 0.2) is 83.8 Å². The van der Waals surface area contributed by atoms with Gasteiger partial charge < -0.3 is 16.0 Å². The molecule has 0 fully saturated rings. The fourth-order valence-corrected chi connectivity index (χ4v) is 3.67. The lowest BCUT2D eigenvalue weighted by molar-refractivity contribution is -0.115. The molecule has 0 bridgehead atoms. The summed E-state index contributed by atoms with van der Waals surface area (Å²) in [7, 11) is 0. The van der Waals surface area contributed by atoms with Crippen LogP contribution in [0.3, 0.4) is 0 Å². The number of benzene rings is 3. The molecule has 3 aromatic carbocycles. The van der Waals surface area contributed by atoms with Gasteiger partial charge >= 0.3 is 0 Å². The van der Waals surface area contributed by atoms with E-state index in [9.17, 15) is 4.79 Å². The Morgan fingerprint density at radius 3 is 1.93 bits per heavy atom. The molecule has 29 heavy (non-hydrogen) atoms. The van der Waals surface area contributed by atoms with Crippen LogP contribution >= 0.6 is 24.0 Å². The van der Waals surface area contributed by atoms with Gasteiger partial charge in [-0.3, -0.25) is 4.79 Å². The zero-order valence-corrected chi connectivity index (χ0v) is 17.9. The van der Waals surface area contributed by atoms with Crippen molar-refractivity contribution in [1.82, 2.24) is 0 Å². The zero-order chi connectivity index (χ0) is 20.6. The highest BCUT2D eigenvalue weighted by Crippen LogP contribution is 2.26. The Morgan fingerprint density at radius 1 is 0.793 bits per heavy atom. The number of para-hydroxylation sites is 1. The van der Waals surface area contributed by atoms with E-state index < -0.39 is 0 Å². The molecule has 0 heterocycles. The maximum absolute atomic E-state index is 12.4. The van der Waals surface area contributed by atoms with Crippen LogP contribution in [-0.4, -0.2) is 16.3 Å². The molecule has 0 saturated heterocycles. The number of nitrogens with one attached hydrogen (secondary N) is 3. The standard InChI is InChI=1S/C23H23N3OS2/c1-16-8-10-19(11-9-16)24-22(27)17(2)29-21-14-12-20(13-15-21)26-23(28)25-18-6-4-3-5-7-18/h3-15,17H,1-2H3,(H,24,27)(H2,25,26,28). The number of rotatable bonds is 6. The van der Waals surface area contributed by atoms with Crippen LogP contribution < -0.4 is 16.0 Å². The second kappa shape index (κ2) is 10.1. The molecule has 1 unspecified atom stereocenters. The van der Waals surface area contributed by atoms with Gasteiger partial charge in [0.15, 0.2) is 5.11 Å². The Bertz CT molecular complexity index is 958. The van der Waals surface area contributed by atoms with Crippen molar-refractivity contribution < 1.29 is 4.79 Å². The topological polar surface area (TPSA) is 53.2 Å². The highest BCUT2D eigenvalue weighted by Gasteiger charge is 2.14. The number of carbonyl (C=O) groups is 1. The van der Waals surface area contributed by atoms with Crippen LogP contribution in [0.5, 0.6) is 0 Å². The number of anilines is 3. The maximum Gasteiger partial charge on any atom is 0.237 e. The first-order chi connectivity index (χ1) is 14.0. The van der Waals surface area contributed by atoms with Crippen LogP contribution in [0.2, 0.25) is 0 Å². The van der Waals surface area contributed by atoms with E-state index in [0.29, 0.717) is 5.11 Å². The Labute approximate surface area is 181 Å². The van der Waals surface area contributed by atoms with E-state index in [4.69, 9.17) is 12.2 Å². The summed E-state index contributed by atoms with van der Waals surface area (Å²) in [5.41, 5.74) is 3.80. The van der Waals surface area contributed by atoms with Crippen molar-refractivity contribution in [2.24, 2.45) is 0 Å². The highest BCUT2D eigenvalue weighted by atomic mass is 32.2. The van der Waals surface area contributed by atoms with Crippen LogP contribution in [0.1, 0.15) is 12.5 Å². The van der Waals surface area contributed by atoms with Gasteiger partial charge in [-0.05, 0) is 74.6 Å². The monoisotopic (exact) mass is 421 g/mol. The van der Waals surface area contributed by atoms with Crippen LogP contribution in [0.25, 0.3) is 0 Å². The van der Waals surface area contributed by atoms with Crippen molar-refractivity contribution >= 4 is 52.1 Å². The maximum atomic E-state index is 12.4. The Balaban J connectivity index is 1.50. The molecule has 6 heteroatoms. The van der Waals surface area contributed by atoms with E-state index >= 15 is 0 Å². The third-order valence-electron chi connectivity index (χ3n) is 4.15. The van der Waals surface area contributed by atoms with Gasteiger partial charge in [0.05, 0.1) is 5.25 Å². The minimum atomic E-state index is -0.212. The molecule has 0 spiro atoms. The summed E-state index contributed by atoms with van der Waals surface area (Å²) in [4.78, 5) is 13.4. The Kier molecular flexibility index (Phi) is 7.27. The summed E-state index contributed by atoms with van der Waals surface area (Å²) >= 11 is 6.86. The fraction of sp³-hybridized carbons (Fsp3) is 0.130. The van der Waals surface area contributed by atoms with Gasteiger partial charge in [-0.15, -0.1) is 11.8 Å². The zero-order valence-electron chi connectivity index (χ0n) is 16.3. The number of hydrogen-bond donors (Lipinski definition) is 3. The smallest absolute Gasteiger partial charge is 0.237 e. The first kappa shape index (κ1) is 20.9. The molecule has 0 aromatic heterocycles. The number of thiocarbonyl (C=S) groups is 1. The Hall–Kier alpha value is -2.83. The second-order valence-electron chi connectivity index (χ2n) is 6.58. The van der Waals surface area contributed by atoms with Crippen molar-refractivity contribution in [2.45, 2.75) is 24.0 Å². The predicted molar refractivity (Wildman–Crippen MR) is 128 cm³/mol. The molecule has 1 atom stereocenters. The number of hydrogen-bond acceptors (Lipinski definition) is 3. The number of aryl methyl sites for hydroxylation is 1. The molecular formula is C23H23N3OS2. The third-order valence-corrected chi connectivity index (χ3v) is 5.46. The average molecular weight is 422 g/mol. The molecule has 3 aromatic rings. The summed E-state index contributed by atoms with van der Waals surface area (Å²) in [5, 5.41) is 9.57. The van der Waals surface area contributed by atoms with Crippen molar-refractivity contribution in [2.75, 3.05) is 16.0 Å². The molecule has 3 N–H and O–H groups in total. The van der Waals surface area contributed by atoms with Crippen molar-refractivity contribution in [3.63, 3.8) is 0 Å². The summed E-state index contributed by atoms with van der Waals surface area (Å²) in [6.45, 7) is 3.92. The van der Waals surface area contributed by atoms with Gasteiger partial charge in [0.2, 0.25) is 5.91 Å². The molecule has 0 aliphatic carbocycles. The van der Waals surface area contributed by atoms with E-state index in [2.05, 4.69) is 16.0 Å². The van der Waals surface area contributed by atoms with Crippen molar-refractivity contribution in [3.05, 3.63) is 84.4 Å². The third kappa shape index (κ3) is 6.62. The lowest BCUT2D eigenvalue weighted by Crippen LogP contribution is -2.22. The quantitative estimate of drug-likeness (QED) is 0.340. The molecule has 0 saturated carbocycles. The lowest BCUT2D eigenvalue weighted by Gasteiger charge is -2.13. The largest absolute Gasteiger partial charge is 0.332 e. The van der Waals surface area contributed by atoms with Gasteiger partial charge in [-0.2, -0.15) is 0 Å². The molecule has 0 aliphatic heterocycles. The van der Waals surface area contributed by atoms with Gasteiger partial charge in [0.25, 0.3) is 0 Å². The van der Waals surface area contributed by atoms with Gasteiger partial charge in [0.1, 0.15) is 0 Å². The second-order valence-corrected chi connectivity index (χ2v) is 8.41. The summed E-state index contributed by atoms with van der Waals surface area (Å²) in [5.74, 6) is -0.0192. The van der Waals surface area contributed by atoms with E-state index in [-0.39, 0.29) is 11.2 Å². The predicted octanol–water partition coefficient (Wildman–Crippen LogP) is 5.92. The van der Waals surface area contributed by atoms with Crippen molar-refractivity contribution in [3.8, 4) is 0 Å². The highest BCUT2D eigenvalue weighted by molar-refractivity contribution is 8.00. The molecule has 148 valence electrons. The summed E-state index contributed by atoms with van der Waals surface area (Å²) < 4.78 is 0. The molecule has 1 amide bonds. The lowest BCUT2D eigenvalue weighted by atomic mass is 10.2. The molecule has 0 radical (unpaired) electrons. The summed E-state index contributed by atoms with van der Waals surface area (Å²) in [6.07, 6.45) is 0. The number of amides is 1. The van der Waals surface area contributed by atoms with Crippen LogP contribution in [-0.2, 0) is 4.79 Å². The minimum Gasteiger partial charge on any atom is -0.332 e.